The summed E-state index contributed by atoms with van der Waals surface area (Å²) in [5, 5.41) is 0. The van der Waals surface area contributed by atoms with Crippen molar-refractivity contribution in [3.05, 3.63) is 33.3 Å². The Morgan fingerprint density at radius 3 is 2.29 bits per heavy atom. The van der Waals surface area contributed by atoms with Gasteiger partial charge in [0.25, 0.3) is 0 Å². The molecule has 0 saturated heterocycles. The van der Waals surface area contributed by atoms with Crippen LogP contribution in [0.3, 0.4) is 0 Å². The largest absolute Gasteiger partial charge is 0.469 e. The molecule has 92 valence electrons. The molecule has 0 bridgehead atoms. The van der Waals surface area contributed by atoms with Crippen molar-refractivity contribution < 1.29 is 9.53 Å². The molecule has 1 unspecified atom stereocenters. The van der Waals surface area contributed by atoms with Gasteiger partial charge >= 0.3 is 5.97 Å². The standard InChI is InChI=1S/C14H17BrO2/c1-8-6-11(15)7-9(2)12(8)13(10-4-5-10)14(16)17-3/h6-7,10,13H,4-5H2,1-3H3. The van der Waals surface area contributed by atoms with E-state index in [4.69, 9.17) is 4.74 Å². The van der Waals surface area contributed by atoms with Crippen LogP contribution in [0.4, 0.5) is 0 Å². The number of carbonyl (C=O) groups is 1. The molecule has 0 spiro atoms. The molecule has 1 aliphatic rings. The topological polar surface area (TPSA) is 26.3 Å². The SMILES string of the molecule is COC(=O)C(c1c(C)cc(Br)cc1C)C1CC1. The fraction of sp³-hybridized carbons (Fsp3) is 0.500. The zero-order valence-electron chi connectivity index (χ0n) is 10.4. The lowest BCUT2D eigenvalue weighted by Crippen LogP contribution is -2.18. The van der Waals surface area contributed by atoms with E-state index in [0.29, 0.717) is 5.92 Å². The summed E-state index contributed by atoms with van der Waals surface area (Å²) in [5.74, 6) is 0.301. The van der Waals surface area contributed by atoms with E-state index in [1.54, 1.807) is 0 Å². The summed E-state index contributed by atoms with van der Waals surface area (Å²) in [6.07, 6.45) is 2.27. The highest BCUT2D eigenvalue weighted by Gasteiger charge is 2.39. The van der Waals surface area contributed by atoms with E-state index in [9.17, 15) is 4.79 Å². The lowest BCUT2D eigenvalue weighted by atomic mass is 9.87. The average molecular weight is 297 g/mol. The normalized spacial score (nSPS) is 16.7. The van der Waals surface area contributed by atoms with Crippen LogP contribution >= 0.6 is 15.9 Å². The molecule has 3 heteroatoms. The summed E-state index contributed by atoms with van der Waals surface area (Å²) < 4.78 is 6.02. The highest BCUT2D eigenvalue weighted by Crippen LogP contribution is 2.45. The van der Waals surface area contributed by atoms with E-state index in [-0.39, 0.29) is 11.9 Å². The molecule has 0 N–H and O–H groups in total. The van der Waals surface area contributed by atoms with Gasteiger partial charge in [0.1, 0.15) is 0 Å². The number of carbonyl (C=O) groups excluding carboxylic acids is 1. The molecular weight excluding hydrogens is 280 g/mol. The molecular formula is C14H17BrO2. The quantitative estimate of drug-likeness (QED) is 0.795. The van der Waals surface area contributed by atoms with Crippen LogP contribution in [-0.4, -0.2) is 13.1 Å². The third kappa shape index (κ3) is 2.54. The summed E-state index contributed by atoms with van der Waals surface area (Å²) in [7, 11) is 1.47. The number of hydrogen-bond donors (Lipinski definition) is 0. The van der Waals surface area contributed by atoms with E-state index in [1.165, 1.54) is 18.2 Å². The van der Waals surface area contributed by atoms with Gasteiger partial charge in [-0.1, -0.05) is 15.9 Å². The second-order valence-corrected chi connectivity index (χ2v) is 5.71. The molecule has 0 aromatic heterocycles. The molecule has 0 heterocycles. The maximum absolute atomic E-state index is 11.9. The number of esters is 1. The highest BCUT2D eigenvalue weighted by atomic mass is 79.9. The summed E-state index contributed by atoms with van der Waals surface area (Å²) in [5.41, 5.74) is 3.49. The Hall–Kier alpha value is -0.830. The predicted molar refractivity (Wildman–Crippen MR) is 71.1 cm³/mol. The fourth-order valence-electron chi connectivity index (χ4n) is 2.51. The van der Waals surface area contributed by atoms with Crippen LogP contribution in [0.1, 0.15) is 35.4 Å². The smallest absolute Gasteiger partial charge is 0.313 e. The van der Waals surface area contributed by atoms with Crippen LogP contribution in [0, 0.1) is 19.8 Å². The molecule has 2 nitrogen and oxygen atoms in total. The second kappa shape index (κ2) is 4.81. The Morgan fingerprint density at radius 1 is 1.35 bits per heavy atom. The van der Waals surface area contributed by atoms with Gasteiger partial charge in [0.2, 0.25) is 0 Å². The van der Waals surface area contributed by atoms with Crippen molar-refractivity contribution in [2.24, 2.45) is 5.92 Å². The third-order valence-corrected chi connectivity index (χ3v) is 3.88. The zero-order chi connectivity index (χ0) is 12.6. The van der Waals surface area contributed by atoms with Gasteiger partial charge in [-0.3, -0.25) is 4.79 Å². The molecule has 0 aliphatic heterocycles. The molecule has 1 aromatic rings. The fourth-order valence-corrected chi connectivity index (χ4v) is 3.20. The van der Waals surface area contributed by atoms with Crippen molar-refractivity contribution in [1.82, 2.24) is 0 Å². The van der Waals surface area contributed by atoms with Gasteiger partial charge in [-0.25, -0.2) is 0 Å². The van der Waals surface area contributed by atoms with Gasteiger partial charge in [0.05, 0.1) is 13.0 Å². The van der Waals surface area contributed by atoms with Gasteiger partial charge in [-0.05, 0) is 61.4 Å². The first kappa shape index (κ1) is 12.6. The average Bonchev–Trinajstić information content (AvgIpc) is 3.05. The number of halogens is 1. The van der Waals surface area contributed by atoms with Crippen molar-refractivity contribution >= 4 is 21.9 Å². The minimum absolute atomic E-state index is 0.0758. The Kier molecular flexibility index (Phi) is 3.57. The van der Waals surface area contributed by atoms with Gasteiger partial charge in [-0.2, -0.15) is 0 Å². The molecule has 1 fully saturated rings. The Balaban J connectivity index is 2.46. The van der Waals surface area contributed by atoms with Crippen molar-refractivity contribution in [2.75, 3.05) is 7.11 Å². The Bertz CT molecular complexity index is 427. The van der Waals surface area contributed by atoms with Crippen LogP contribution in [0.5, 0.6) is 0 Å². The number of hydrogen-bond acceptors (Lipinski definition) is 2. The summed E-state index contributed by atoms with van der Waals surface area (Å²) >= 11 is 3.49. The summed E-state index contributed by atoms with van der Waals surface area (Å²) in [6.45, 7) is 4.12. The molecule has 17 heavy (non-hydrogen) atoms. The minimum atomic E-state index is -0.0963. The summed E-state index contributed by atoms with van der Waals surface area (Å²) in [4.78, 5) is 11.9. The zero-order valence-corrected chi connectivity index (χ0v) is 12.0. The van der Waals surface area contributed by atoms with E-state index >= 15 is 0 Å². The number of rotatable bonds is 3. The lowest BCUT2D eigenvalue weighted by molar-refractivity contribution is -0.143. The molecule has 0 amide bonds. The van der Waals surface area contributed by atoms with Gasteiger partial charge in [-0.15, -0.1) is 0 Å². The van der Waals surface area contributed by atoms with Crippen LogP contribution in [-0.2, 0) is 9.53 Å². The summed E-state index contributed by atoms with van der Waals surface area (Å²) in [6, 6.07) is 4.14. The van der Waals surface area contributed by atoms with Gasteiger partial charge in [0.15, 0.2) is 0 Å². The lowest BCUT2D eigenvalue weighted by Gasteiger charge is -2.19. The Morgan fingerprint density at radius 2 is 1.88 bits per heavy atom. The molecule has 1 aromatic carbocycles. The maximum Gasteiger partial charge on any atom is 0.313 e. The van der Waals surface area contributed by atoms with Crippen molar-refractivity contribution in [3.8, 4) is 0 Å². The van der Waals surface area contributed by atoms with E-state index < -0.39 is 0 Å². The number of benzene rings is 1. The second-order valence-electron chi connectivity index (χ2n) is 4.79. The number of aryl methyl sites for hydroxylation is 2. The molecule has 2 rings (SSSR count). The van der Waals surface area contributed by atoms with Crippen LogP contribution in [0.15, 0.2) is 16.6 Å². The maximum atomic E-state index is 11.9. The molecule has 1 aliphatic carbocycles. The predicted octanol–water partition coefficient (Wildman–Crippen LogP) is 3.73. The van der Waals surface area contributed by atoms with Crippen molar-refractivity contribution in [1.29, 1.82) is 0 Å². The van der Waals surface area contributed by atoms with Gasteiger partial charge in [0, 0.05) is 4.47 Å². The first-order valence-electron chi connectivity index (χ1n) is 5.89. The van der Waals surface area contributed by atoms with Crippen molar-refractivity contribution in [3.63, 3.8) is 0 Å². The van der Waals surface area contributed by atoms with E-state index in [0.717, 1.165) is 22.9 Å². The molecule has 0 radical (unpaired) electrons. The first-order chi connectivity index (χ1) is 8.04. The monoisotopic (exact) mass is 296 g/mol. The van der Waals surface area contributed by atoms with Gasteiger partial charge < -0.3 is 4.74 Å². The minimum Gasteiger partial charge on any atom is -0.469 e. The van der Waals surface area contributed by atoms with Crippen LogP contribution in [0.25, 0.3) is 0 Å². The number of ether oxygens (including phenoxy) is 1. The van der Waals surface area contributed by atoms with Crippen molar-refractivity contribution in [2.45, 2.75) is 32.6 Å². The van der Waals surface area contributed by atoms with E-state index in [1.807, 2.05) is 0 Å². The van der Waals surface area contributed by atoms with Crippen LogP contribution in [0.2, 0.25) is 0 Å². The first-order valence-corrected chi connectivity index (χ1v) is 6.68. The Labute approximate surface area is 110 Å². The number of methoxy groups -OCH3 is 1. The molecule has 1 saturated carbocycles. The highest BCUT2D eigenvalue weighted by molar-refractivity contribution is 9.10. The van der Waals surface area contributed by atoms with Crippen LogP contribution < -0.4 is 0 Å². The third-order valence-electron chi connectivity index (χ3n) is 3.42. The molecule has 1 atom stereocenters. The van der Waals surface area contributed by atoms with E-state index in [2.05, 4.69) is 41.9 Å².